The smallest absolute Gasteiger partial charge is 0.253 e. The standard InChI is InChI=1S/C19H18FNO3/c1-21(11-13-7-8-18(23-2)16(20)9-13)19(22)15-10-14-5-3-4-6-17(14)24-12-15/h3-10H,11-12H2,1-2H3. The van der Waals surface area contributed by atoms with Crippen LogP contribution in [0.2, 0.25) is 0 Å². The topological polar surface area (TPSA) is 38.8 Å². The van der Waals surface area contributed by atoms with E-state index in [0.29, 0.717) is 17.7 Å². The lowest BCUT2D eigenvalue weighted by Gasteiger charge is -2.22. The highest BCUT2D eigenvalue weighted by atomic mass is 19.1. The Morgan fingerprint density at radius 3 is 2.83 bits per heavy atom. The van der Waals surface area contributed by atoms with Gasteiger partial charge in [-0.15, -0.1) is 0 Å². The van der Waals surface area contributed by atoms with Crippen molar-refractivity contribution in [1.29, 1.82) is 0 Å². The highest BCUT2D eigenvalue weighted by molar-refractivity contribution is 5.99. The van der Waals surface area contributed by atoms with Crippen LogP contribution in [0.4, 0.5) is 4.39 Å². The summed E-state index contributed by atoms with van der Waals surface area (Å²) in [7, 11) is 3.10. The summed E-state index contributed by atoms with van der Waals surface area (Å²) in [5.74, 6) is 0.382. The number of halogens is 1. The van der Waals surface area contributed by atoms with Gasteiger partial charge in [0.2, 0.25) is 0 Å². The van der Waals surface area contributed by atoms with E-state index in [1.54, 1.807) is 24.1 Å². The number of likely N-dealkylation sites (N-methyl/N-ethyl adjacent to an activating group) is 1. The quantitative estimate of drug-likeness (QED) is 0.865. The number of methoxy groups -OCH3 is 1. The molecule has 124 valence electrons. The highest BCUT2D eigenvalue weighted by Gasteiger charge is 2.20. The molecule has 0 aliphatic carbocycles. The maximum Gasteiger partial charge on any atom is 0.253 e. The number of rotatable bonds is 4. The third-order valence-electron chi connectivity index (χ3n) is 3.89. The molecular formula is C19H18FNO3. The minimum Gasteiger partial charge on any atom is -0.494 e. The second-order valence-corrected chi connectivity index (χ2v) is 5.63. The Hall–Kier alpha value is -2.82. The highest BCUT2D eigenvalue weighted by Crippen LogP contribution is 2.26. The zero-order valence-corrected chi connectivity index (χ0v) is 13.6. The van der Waals surface area contributed by atoms with Gasteiger partial charge in [0.05, 0.1) is 12.7 Å². The molecule has 5 heteroatoms. The lowest BCUT2D eigenvalue weighted by molar-refractivity contribution is -0.126. The van der Waals surface area contributed by atoms with E-state index < -0.39 is 5.82 Å². The summed E-state index contributed by atoms with van der Waals surface area (Å²) in [6.45, 7) is 0.538. The molecule has 0 aromatic heterocycles. The van der Waals surface area contributed by atoms with Crippen molar-refractivity contribution >= 4 is 12.0 Å². The zero-order chi connectivity index (χ0) is 17.1. The SMILES string of the molecule is COc1ccc(CN(C)C(=O)C2=Cc3ccccc3OC2)cc1F. The van der Waals surface area contributed by atoms with Crippen LogP contribution in [0.3, 0.4) is 0 Å². The largest absolute Gasteiger partial charge is 0.494 e. The van der Waals surface area contributed by atoms with E-state index in [1.807, 2.05) is 30.3 Å². The third kappa shape index (κ3) is 3.25. The molecule has 0 atom stereocenters. The summed E-state index contributed by atoms with van der Waals surface area (Å²) in [5.41, 5.74) is 2.16. The van der Waals surface area contributed by atoms with Crippen LogP contribution in [0, 0.1) is 5.82 Å². The molecule has 0 radical (unpaired) electrons. The average molecular weight is 327 g/mol. The number of carbonyl (C=O) groups is 1. The fourth-order valence-corrected chi connectivity index (χ4v) is 2.64. The summed E-state index contributed by atoms with van der Waals surface area (Å²) in [5, 5.41) is 0. The van der Waals surface area contributed by atoms with Gasteiger partial charge in [0.1, 0.15) is 12.4 Å². The number of nitrogens with zero attached hydrogens (tertiary/aromatic N) is 1. The first kappa shape index (κ1) is 16.1. The number of amides is 1. The van der Waals surface area contributed by atoms with Gasteiger partial charge in [-0.2, -0.15) is 0 Å². The molecule has 0 fully saturated rings. The molecule has 0 bridgehead atoms. The lowest BCUT2D eigenvalue weighted by Crippen LogP contribution is -2.30. The van der Waals surface area contributed by atoms with Crippen molar-refractivity contribution in [2.24, 2.45) is 0 Å². The van der Waals surface area contributed by atoms with Gasteiger partial charge in [-0.05, 0) is 29.8 Å². The van der Waals surface area contributed by atoms with E-state index in [2.05, 4.69) is 0 Å². The van der Waals surface area contributed by atoms with Gasteiger partial charge in [-0.3, -0.25) is 4.79 Å². The molecule has 0 spiro atoms. The minimum absolute atomic E-state index is 0.138. The first-order chi connectivity index (χ1) is 11.6. The van der Waals surface area contributed by atoms with Crippen LogP contribution in [-0.2, 0) is 11.3 Å². The van der Waals surface area contributed by atoms with E-state index >= 15 is 0 Å². The van der Waals surface area contributed by atoms with Crippen LogP contribution in [0.25, 0.3) is 6.08 Å². The van der Waals surface area contributed by atoms with Crippen molar-refractivity contribution in [3.8, 4) is 11.5 Å². The molecule has 0 saturated carbocycles. The first-order valence-electron chi connectivity index (χ1n) is 7.59. The molecule has 24 heavy (non-hydrogen) atoms. The first-order valence-corrected chi connectivity index (χ1v) is 7.59. The molecule has 1 amide bonds. The zero-order valence-electron chi connectivity index (χ0n) is 13.6. The van der Waals surface area contributed by atoms with Crippen LogP contribution >= 0.6 is 0 Å². The molecule has 4 nitrogen and oxygen atoms in total. The van der Waals surface area contributed by atoms with Crippen molar-refractivity contribution in [2.45, 2.75) is 6.54 Å². The van der Waals surface area contributed by atoms with Crippen molar-refractivity contribution in [2.75, 3.05) is 20.8 Å². The summed E-state index contributed by atoms with van der Waals surface area (Å²) in [6.07, 6.45) is 1.84. The molecule has 2 aromatic rings. The summed E-state index contributed by atoms with van der Waals surface area (Å²) in [4.78, 5) is 14.1. The van der Waals surface area contributed by atoms with Crippen molar-refractivity contribution in [1.82, 2.24) is 4.90 Å². The Balaban J connectivity index is 1.74. The average Bonchev–Trinajstić information content (AvgIpc) is 2.60. The molecule has 1 aliphatic heterocycles. The van der Waals surface area contributed by atoms with Gasteiger partial charge in [0, 0.05) is 19.2 Å². The monoisotopic (exact) mass is 327 g/mol. The predicted octanol–water partition coefficient (Wildman–Crippen LogP) is 3.27. The Morgan fingerprint density at radius 1 is 1.29 bits per heavy atom. The third-order valence-corrected chi connectivity index (χ3v) is 3.89. The molecule has 0 saturated heterocycles. The molecule has 2 aromatic carbocycles. The normalized spacial score (nSPS) is 12.7. The molecule has 1 heterocycles. The van der Waals surface area contributed by atoms with Crippen LogP contribution in [0.1, 0.15) is 11.1 Å². The van der Waals surface area contributed by atoms with E-state index in [-0.39, 0.29) is 18.3 Å². The Kier molecular flexibility index (Phi) is 4.51. The molecular weight excluding hydrogens is 309 g/mol. The summed E-state index contributed by atoms with van der Waals surface area (Å²) >= 11 is 0. The lowest BCUT2D eigenvalue weighted by atomic mass is 10.1. The van der Waals surface area contributed by atoms with Crippen LogP contribution in [-0.4, -0.2) is 31.6 Å². The van der Waals surface area contributed by atoms with Crippen molar-refractivity contribution in [3.63, 3.8) is 0 Å². The molecule has 0 unspecified atom stereocenters. The van der Waals surface area contributed by atoms with E-state index in [9.17, 15) is 9.18 Å². The number of benzene rings is 2. The fraction of sp³-hybridized carbons (Fsp3) is 0.211. The van der Waals surface area contributed by atoms with Crippen molar-refractivity contribution in [3.05, 3.63) is 65.0 Å². The van der Waals surface area contributed by atoms with Crippen LogP contribution in [0.5, 0.6) is 11.5 Å². The molecule has 3 rings (SSSR count). The number of ether oxygens (including phenoxy) is 2. The Bertz CT molecular complexity index is 801. The predicted molar refractivity (Wildman–Crippen MR) is 89.3 cm³/mol. The van der Waals surface area contributed by atoms with Crippen LogP contribution < -0.4 is 9.47 Å². The number of fused-ring (bicyclic) bond motifs is 1. The van der Waals surface area contributed by atoms with Gasteiger partial charge >= 0.3 is 0 Å². The summed E-state index contributed by atoms with van der Waals surface area (Å²) < 4.78 is 24.3. The van der Waals surface area contributed by atoms with Crippen LogP contribution in [0.15, 0.2) is 48.0 Å². The van der Waals surface area contributed by atoms with E-state index in [0.717, 1.165) is 11.3 Å². The number of hydrogen-bond acceptors (Lipinski definition) is 3. The van der Waals surface area contributed by atoms with Gasteiger partial charge < -0.3 is 14.4 Å². The molecule has 0 N–H and O–H groups in total. The fourth-order valence-electron chi connectivity index (χ4n) is 2.64. The van der Waals surface area contributed by atoms with Gasteiger partial charge in [0.25, 0.3) is 5.91 Å². The number of para-hydroxylation sites is 1. The summed E-state index contributed by atoms with van der Waals surface area (Å²) in [6, 6.07) is 12.2. The van der Waals surface area contributed by atoms with Crippen molar-refractivity contribution < 1.29 is 18.7 Å². The molecule has 1 aliphatic rings. The number of carbonyl (C=O) groups excluding carboxylic acids is 1. The maximum atomic E-state index is 13.8. The second kappa shape index (κ2) is 6.74. The van der Waals surface area contributed by atoms with Gasteiger partial charge in [-0.25, -0.2) is 4.39 Å². The van der Waals surface area contributed by atoms with Gasteiger partial charge in [-0.1, -0.05) is 24.3 Å². The van der Waals surface area contributed by atoms with E-state index in [4.69, 9.17) is 9.47 Å². The maximum absolute atomic E-state index is 13.8. The Morgan fingerprint density at radius 2 is 2.08 bits per heavy atom. The minimum atomic E-state index is -0.440. The van der Waals surface area contributed by atoms with Gasteiger partial charge in [0.15, 0.2) is 11.6 Å². The second-order valence-electron chi connectivity index (χ2n) is 5.63. The number of hydrogen-bond donors (Lipinski definition) is 0. The Labute approximate surface area is 140 Å². The van der Waals surface area contributed by atoms with E-state index in [1.165, 1.54) is 13.2 Å².